The Morgan fingerprint density at radius 3 is 2.95 bits per heavy atom. The molecule has 0 saturated heterocycles. The summed E-state index contributed by atoms with van der Waals surface area (Å²) in [5.41, 5.74) is 7.44. The van der Waals surface area contributed by atoms with Crippen LogP contribution in [0.3, 0.4) is 0 Å². The van der Waals surface area contributed by atoms with E-state index in [-0.39, 0.29) is 0 Å². The van der Waals surface area contributed by atoms with Gasteiger partial charge in [0, 0.05) is 23.7 Å². The zero-order valence-electron chi connectivity index (χ0n) is 10.9. The van der Waals surface area contributed by atoms with E-state index < -0.39 is 0 Å². The van der Waals surface area contributed by atoms with Crippen molar-refractivity contribution in [1.29, 1.82) is 0 Å². The van der Waals surface area contributed by atoms with Gasteiger partial charge in [-0.1, -0.05) is 18.2 Å². The van der Waals surface area contributed by atoms with Crippen LogP contribution in [0.1, 0.15) is 0 Å². The molecule has 0 aliphatic carbocycles. The van der Waals surface area contributed by atoms with Gasteiger partial charge in [0.15, 0.2) is 0 Å². The van der Waals surface area contributed by atoms with E-state index in [0.717, 1.165) is 28.2 Å². The molecular formula is C15H15N3OS. The van der Waals surface area contributed by atoms with E-state index >= 15 is 0 Å². The summed E-state index contributed by atoms with van der Waals surface area (Å²) in [7, 11) is 0. The quantitative estimate of drug-likeness (QED) is 0.557. The van der Waals surface area contributed by atoms with Crippen LogP contribution in [-0.2, 0) is 0 Å². The van der Waals surface area contributed by atoms with Crippen LogP contribution in [0.5, 0.6) is 5.75 Å². The summed E-state index contributed by atoms with van der Waals surface area (Å²) < 4.78 is 10.0. The molecule has 3 N–H and O–H groups in total. The fourth-order valence-corrected chi connectivity index (χ4v) is 2.74. The average molecular weight is 285 g/mol. The van der Waals surface area contributed by atoms with Crippen molar-refractivity contribution >= 4 is 33.1 Å². The smallest absolute Gasteiger partial charge is 0.121 e. The van der Waals surface area contributed by atoms with Gasteiger partial charge in [0.05, 0.1) is 5.52 Å². The maximum Gasteiger partial charge on any atom is 0.121 e. The van der Waals surface area contributed by atoms with Gasteiger partial charge in [0.25, 0.3) is 0 Å². The number of aromatic nitrogens is 1. The van der Waals surface area contributed by atoms with Crippen LogP contribution in [0.15, 0.2) is 48.5 Å². The maximum atomic E-state index is 5.70. The third-order valence-corrected chi connectivity index (χ3v) is 3.73. The van der Waals surface area contributed by atoms with Crippen LogP contribution in [0.4, 0.5) is 10.7 Å². The molecule has 0 unspecified atom stereocenters. The number of nitrogens with zero attached hydrogens (tertiary/aromatic N) is 1. The van der Waals surface area contributed by atoms with Crippen LogP contribution in [0.2, 0.25) is 0 Å². The summed E-state index contributed by atoms with van der Waals surface area (Å²) in [6, 6.07) is 15.5. The lowest BCUT2D eigenvalue weighted by Gasteiger charge is -2.07. The predicted octanol–water partition coefficient (Wildman–Crippen LogP) is 3.37. The minimum absolute atomic E-state index is 0.579. The summed E-state index contributed by atoms with van der Waals surface area (Å²) in [6.07, 6.45) is 0. The second-order valence-electron chi connectivity index (χ2n) is 4.38. The number of hydrogen-bond acceptors (Lipinski definition) is 5. The van der Waals surface area contributed by atoms with E-state index in [2.05, 4.69) is 15.8 Å². The first kappa shape index (κ1) is 12.7. The third-order valence-electron chi connectivity index (χ3n) is 2.90. The molecule has 20 heavy (non-hydrogen) atoms. The number of nitrogens with two attached hydrogens (primary N) is 1. The molecule has 2 aromatic carbocycles. The molecule has 0 spiro atoms. The highest BCUT2D eigenvalue weighted by Gasteiger charge is 2.04. The van der Waals surface area contributed by atoms with Gasteiger partial charge in [-0.3, -0.25) is 0 Å². The van der Waals surface area contributed by atoms with Crippen molar-refractivity contribution in [1.82, 2.24) is 4.37 Å². The number of nitrogens with one attached hydrogen (secondary N) is 1. The van der Waals surface area contributed by atoms with Crippen LogP contribution in [0, 0.1) is 0 Å². The lowest BCUT2D eigenvalue weighted by molar-refractivity contribution is 0.333. The van der Waals surface area contributed by atoms with Gasteiger partial charge < -0.3 is 15.8 Å². The van der Waals surface area contributed by atoms with Crippen molar-refractivity contribution in [3.05, 3.63) is 48.5 Å². The number of rotatable bonds is 5. The topological polar surface area (TPSA) is 60.2 Å². The van der Waals surface area contributed by atoms with Crippen molar-refractivity contribution < 1.29 is 4.74 Å². The Hall–Kier alpha value is -2.27. The first-order valence-electron chi connectivity index (χ1n) is 6.39. The number of fused-ring (bicyclic) bond motifs is 1. The maximum absolute atomic E-state index is 5.70. The normalized spacial score (nSPS) is 10.6. The molecule has 0 atom stereocenters. The van der Waals surface area contributed by atoms with Crippen molar-refractivity contribution in [2.75, 3.05) is 24.2 Å². The van der Waals surface area contributed by atoms with Crippen molar-refractivity contribution in [2.24, 2.45) is 0 Å². The van der Waals surface area contributed by atoms with Crippen LogP contribution in [-0.4, -0.2) is 17.5 Å². The monoisotopic (exact) mass is 285 g/mol. The molecule has 3 aromatic rings. The summed E-state index contributed by atoms with van der Waals surface area (Å²) in [5, 5.41) is 5.59. The Morgan fingerprint density at radius 2 is 2.05 bits per heavy atom. The fourth-order valence-electron chi connectivity index (χ4n) is 1.95. The number of anilines is 2. The molecule has 0 aliphatic rings. The summed E-state index contributed by atoms with van der Waals surface area (Å²) in [5.74, 6) is 0.793. The number of nitrogen functional groups attached to an aromatic ring is 1. The molecule has 0 saturated carbocycles. The van der Waals surface area contributed by atoms with Gasteiger partial charge in [-0.2, -0.15) is 4.37 Å². The molecule has 0 fully saturated rings. The van der Waals surface area contributed by atoms with E-state index in [1.807, 2.05) is 42.5 Å². The molecule has 0 radical (unpaired) electrons. The minimum Gasteiger partial charge on any atom is -0.492 e. The van der Waals surface area contributed by atoms with Crippen molar-refractivity contribution in [3.63, 3.8) is 0 Å². The Balaban J connectivity index is 1.55. The van der Waals surface area contributed by atoms with Crippen LogP contribution >= 0.6 is 11.5 Å². The van der Waals surface area contributed by atoms with E-state index in [1.165, 1.54) is 11.5 Å². The highest BCUT2D eigenvalue weighted by molar-refractivity contribution is 7.11. The van der Waals surface area contributed by atoms with Gasteiger partial charge in [-0.25, -0.2) is 0 Å². The first-order valence-corrected chi connectivity index (χ1v) is 7.17. The molecular weight excluding hydrogens is 270 g/mol. The Kier molecular flexibility index (Phi) is 3.69. The molecule has 3 rings (SSSR count). The third kappa shape index (κ3) is 2.83. The summed E-state index contributed by atoms with van der Waals surface area (Å²) in [6.45, 7) is 1.30. The van der Waals surface area contributed by atoms with E-state index in [0.29, 0.717) is 12.3 Å². The lowest BCUT2D eigenvalue weighted by atomic mass is 10.2. The highest BCUT2D eigenvalue weighted by atomic mass is 32.1. The largest absolute Gasteiger partial charge is 0.492 e. The standard InChI is InChI=1S/C15H15N3OS/c16-11-4-3-5-12(10-11)19-9-8-17-15-13-6-1-2-7-14(13)18-20-15/h1-7,10,17H,8-9,16H2. The van der Waals surface area contributed by atoms with E-state index in [9.17, 15) is 0 Å². The molecule has 102 valence electrons. The Labute approximate surface area is 121 Å². The van der Waals surface area contributed by atoms with Gasteiger partial charge in [-0.15, -0.1) is 0 Å². The zero-order chi connectivity index (χ0) is 13.8. The molecule has 1 aromatic heterocycles. The van der Waals surface area contributed by atoms with Gasteiger partial charge in [0.1, 0.15) is 17.4 Å². The van der Waals surface area contributed by atoms with E-state index in [4.69, 9.17) is 10.5 Å². The van der Waals surface area contributed by atoms with Gasteiger partial charge in [-0.05, 0) is 35.8 Å². The first-order chi connectivity index (χ1) is 9.83. The molecule has 0 bridgehead atoms. The highest BCUT2D eigenvalue weighted by Crippen LogP contribution is 2.26. The van der Waals surface area contributed by atoms with Crippen LogP contribution < -0.4 is 15.8 Å². The molecule has 0 amide bonds. The molecule has 4 nitrogen and oxygen atoms in total. The SMILES string of the molecule is Nc1cccc(OCCNc2snc3ccccc23)c1. The minimum atomic E-state index is 0.579. The second-order valence-corrected chi connectivity index (χ2v) is 5.15. The number of benzene rings is 2. The molecule has 5 heteroatoms. The van der Waals surface area contributed by atoms with Gasteiger partial charge in [0.2, 0.25) is 0 Å². The molecule has 1 heterocycles. The summed E-state index contributed by atoms with van der Waals surface area (Å²) in [4.78, 5) is 0. The van der Waals surface area contributed by atoms with Crippen LogP contribution in [0.25, 0.3) is 10.9 Å². The average Bonchev–Trinajstić information content (AvgIpc) is 2.87. The Morgan fingerprint density at radius 1 is 1.15 bits per heavy atom. The predicted molar refractivity (Wildman–Crippen MR) is 84.5 cm³/mol. The lowest BCUT2D eigenvalue weighted by Crippen LogP contribution is -2.10. The number of hydrogen-bond donors (Lipinski definition) is 2. The van der Waals surface area contributed by atoms with Crippen molar-refractivity contribution in [3.8, 4) is 5.75 Å². The zero-order valence-corrected chi connectivity index (χ0v) is 11.7. The second kappa shape index (κ2) is 5.79. The summed E-state index contributed by atoms with van der Waals surface area (Å²) >= 11 is 1.47. The Bertz CT molecular complexity index is 711. The fraction of sp³-hybridized carbons (Fsp3) is 0.133. The van der Waals surface area contributed by atoms with Gasteiger partial charge >= 0.3 is 0 Å². The molecule has 0 aliphatic heterocycles. The number of ether oxygens (including phenoxy) is 1. The van der Waals surface area contributed by atoms with E-state index in [1.54, 1.807) is 0 Å². The van der Waals surface area contributed by atoms with Crippen molar-refractivity contribution in [2.45, 2.75) is 0 Å².